The van der Waals surface area contributed by atoms with Crippen molar-refractivity contribution in [1.82, 2.24) is 28.7 Å². The number of aromatic nitrogens is 5. The SMILES string of the molecule is O=c1c(Cl)c(Cl)cnn1-c1ccc(S(=O)(=O)NCCCn2nc3ccccn3c2=O)cc1. The molecule has 0 unspecified atom stereocenters. The first-order valence-corrected chi connectivity index (χ1v) is 11.6. The maximum absolute atomic E-state index is 12.5. The van der Waals surface area contributed by atoms with E-state index >= 15 is 0 Å². The molecule has 0 spiro atoms. The molecule has 0 aliphatic carbocycles. The lowest BCUT2D eigenvalue weighted by Crippen LogP contribution is -2.27. The molecule has 4 aromatic rings. The molecular formula is C19H16Cl2N6O4S. The summed E-state index contributed by atoms with van der Waals surface area (Å²) >= 11 is 11.6. The van der Waals surface area contributed by atoms with Gasteiger partial charge in [0, 0.05) is 19.3 Å². The van der Waals surface area contributed by atoms with E-state index in [0.29, 0.717) is 17.8 Å². The summed E-state index contributed by atoms with van der Waals surface area (Å²) in [5, 5.41) is 7.95. The number of hydrogen-bond donors (Lipinski definition) is 1. The van der Waals surface area contributed by atoms with E-state index in [1.54, 1.807) is 24.4 Å². The van der Waals surface area contributed by atoms with E-state index in [-0.39, 0.29) is 33.7 Å². The Kier molecular flexibility index (Phi) is 6.15. The van der Waals surface area contributed by atoms with Crippen LogP contribution in [0.5, 0.6) is 0 Å². The Balaban J connectivity index is 1.41. The van der Waals surface area contributed by atoms with E-state index in [0.717, 1.165) is 4.68 Å². The van der Waals surface area contributed by atoms with Gasteiger partial charge in [-0.3, -0.25) is 9.20 Å². The van der Waals surface area contributed by atoms with E-state index < -0.39 is 15.6 Å². The highest BCUT2D eigenvalue weighted by Crippen LogP contribution is 2.17. The third kappa shape index (κ3) is 4.32. The van der Waals surface area contributed by atoms with Gasteiger partial charge in [-0.1, -0.05) is 29.3 Å². The van der Waals surface area contributed by atoms with Crippen LogP contribution in [0, 0.1) is 0 Å². The van der Waals surface area contributed by atoms with Crippen LogP contribution in [-0.2, 0) is 16.6 Å². The molecule has 1 N–H and O–H groups in total. The van der Waals surface area contributed by atoms with Crippen molar-refractivity contribution in [2.45, 2.75) is 17.9 Å². The summed E-state index contributed by atoms with van der Waals surface area (Å²) < 4.78 is 31.3. The molecule has 0 aliphatic heterocycles. The molecule has 0 bridgehead atoms. The van der Waals surface area contributed by atoms with Gasteiger partial charge >= 0.3 is 5.69 Å². The molecule has 166 valence electrons. The van der Waals surface area contributed by atoms with E-state index in [1.807, 2.05) is 0 Å². The van der Waals surface area contributed by atoms with Gasteiger partial charge in [0.25, 0.3) is 5.56 Å². The van der Waals surface area contributed by atoms with Gasteiger partial charge in [-0.25, -0.2) is 22.6 Å². The molecule has 0 atom stereocenters. The smallest absolute Gasteiger partial charge is 0.266 e. The number of pyridine rings is 1. The molecular weight excluding hydrogens is 479 g/mol. The van der Waals surface area contributed by atoms with Gasteiger partial charge in [0.05, 0.1) is 21.8 Å². The molecule has 3 heterocycles. The van der Waals surface area contributed by atoms with E-state index in [9.17, 15) is 18.0 Å². The van der Waals surface area contributed by atoms with Crippen LogP contribution in [0.15, 0.2) is 69.3 Å². The molecule has 0 amide bonds. The zero-order valence-electron chi connectivity index (χ0n) is 16.4. The molecule has 4 rings (SSSR count). The third-order valence-electron chi connectivity index (χ3n) is 4.60. The van der Waals surface area contributed by atoms with Crippen molar-refractivity contribution in [3.8, 4) is 5.69 Å². The lowest BCUT2D eigenvalue weighted by Gasteiger charge is -2.09. The third-order valence-corrected chi connectivity index (χ3v) is 6.82. The zero-order valence-corrected chi connectivity index (χ0v) is 18.7. The van der Waals surface area contributed by atoms with Crippen molar-refractivity contribution in [1.29, 1.82) is 0 Å². The molecule has 32 heavy (non-hydrogen) atoms. The molecule has 0 fully saturated rings. The van der Waals surface area contributed by atoms with Crippen LogP contribution in [0.25, 0.3) is 11.3 Å². The van der Waals surface area contributed by atoms with Crippen molar-refractivity contribution in [3.05, 3.63) is 85.7 Å². The Bertz CT molecular complexity index is 1510. The maximum atomic E-state index is 12.5. The second-order valence-corrected chi connectivity index (χ2v) is 9.26. The fourth-order valence-corrected chi connectivity index (χ4v) is 4.32. The summed E-state index contributed by atoms with van der Waals surface area (Å²) in [6.45, 7) is 0.367. The van der Waals surface area contributed by atoms with E-state index in [2.05, 4.69) is 14.9 Å². The summed E-state index contributed by atoms with van der Waals surface area (Å²) in [6, 6.07) is 10.8. The Morgan fingerprint density at radius 1 is 1.03 bits per heavy atom. The topological polar surface area (TPSA) is 120 Å². The van der Waals surface area contributed by atoms with Crippen LogP contribution in [0.1, 0.15) is 6.42 Å². The molecule has 10 nitrogen and oxygen atoms in total. The normalized spacial score (nSPS) is 11.8. The number of nitrogens with zero attached hydrogens (tertiary/aromatic N) is 5. The minimum Gasteiger partial charge on any atom is -0.266 e. The number of rotatable bonds is 7. The van der Waals surface area contributed by atoms with Crippen LogP contribution in [0.3, 0.4) is 0 Å². The minimum absolute atomic E-state index is 0.0132. The van der Waals surface area contributed by atoms with Gasteiger partial charge in [0.1, 0.15) is 5.02 Å². The largest absolute Gasteiger partial charge is 0.350 e. The first-order valence-electron chi connectivity index (χ1n) is 9.35. The van der Waals surface area contributed by atoms with Gasteiger partial charge < -0.3 is 0 Å². The fraction of sp³-hybridized carbons (Fsp3) is 0.158. The minimum atomic E-state index is -3.79. The van der Waals surface area contributed by atoms with Crippen LogP contribution in [-0.4, -0.2) is 38.9 Å². The van der Waals surface area contributed by atoms with Crippen LogP contribution < -0.4 is 16.0 Å². The Hall–Kier alpha value is -2.99. The van der Waals surface area contributed by atoms with Crippen molar-refractivity contribution in [2.75, 3.05) is 6.54 Å². The van der Waals surface area contributed by atoms with Crippen molar-refractivity contribution < 1.29 is 8.42 Å². The predicted octanol–water partition coefficient (Wildman–Crippen LogP) is 1.72. The van der Waals surface area contributed by atoms with Crippen LogP contribution in [0.4, 0.5) is 0 Å². The van der Waals surface area contributed by atoms with Crippen LogP contribution in [0.2, 0.25) is 10.0 Å². The standard InChI is InChI=1S/C19H16Cl2N6O4S/c20-15-12-22-27(18(28)17(15)21)13-5-7-14(8-6-13)32(30,31)23-9-3-11-26-19(29)25-10-2-1-4-16(25)24-26/h1-2,4-8,10,12,23H,3,9,11H2. The Morgan fingerprint density at radius 2 is 1.78 bits per heavy atom. The quantitative estimate of drug-likeness (QED) is 0.390. The highest BCUT2D eigenvalue weighted by Gasteiger charge is 2.15. The molecule has 1 aromatic carbocycles. The summed E-state index contributed by atoms with van der Waals surface area (Å²) in [4.78, 5) is 24.4. The lowest BCUT2D eigenvalue weighted by atomic mass is 10.3. The van der Waals surface area contributed by atoms with Gasteiger partial charge in [0.15, 0.2) is 5.65 Å². The van der Waals surface area contributed by atoms with Gasteiger partial charge in [0.2, 0.25) is 10.0 Å². The first-order chi connectivity index (χ1) is 15.3. The number of aryl methyl sites for hydroxylation is 1. The number of hydrogen-bond acceptors (Lipinski definition) is 6. The average Bonchev–Trinajstić information content (AvgIpc) is 3.11. The number of fused-ring (bicyclic) bond motifs is 1. The van der Waals surface area contributed by atoms with E-state index in [4.69, 9.17) is 23.2 Å². The number of benzene rings is 1. The molecule has 0 saturated heterocycles. The Labute approximate surface area is 191 Å². The highest BCUT2D eigenvalue weighted by molar-refractivity contribution is 7.89. The fourth-order valence-electron chi connectivity index (χ4n) is 3.00. The summed E-state index contributed by atoms with van der Waals surface area (Å²) in [6.07, 6.45) is 3.21. The molecule has 13 heteroatoms. The molecule has 0 saturated carbocycles. The summed E-state index contributed by atoms with van der Waals surface area (Å²) in [5.74, 6) is 0. The monoisotopic (exact) mass is 494 g/mol. The average molecular weight is 495 g/mol. The van der Waals surface area contributed by atoms with Crippen molar-refractivity contribution in [2.24, 2.45) is 0 Å². The number of sulfonamides is 1. The van der Waals surface area contributed by atoms with Crippen LogP contribution >= 0.6 is 23.2 Å². The number of halogens is 2. The summed E-state index contributed by atoms with van der Waals surface area (Å²) in [5.41, 5.74) is -0.0484. The second-order valence-electron chi connectivity index (χ2n) is 6.70. The van der Waals surface area contributed by atoms with Gasteiger partial charge in [-0.15, -0.1) is 5.10 Å². The zero-order chi connectivity index (χ0) is 22.9. The van der Waals surface area contributed by atoms with Gasteiger partial charge in [-0.2, -0.15) is 9.78 Å². The first kappa shape index (κ1) is 22.2. The predicted molar refractivity (Wildman–Crippen MR) is 119 cm³/mol. The van der Waals surface area contributed by atoms with Crippen molar-refractivity contribution in [3.63, 3.8) is 0 Å². The number of nitrogens with one attached hydrogen (secondary N) is 1. The van der Waals surface area contributed by atoms with Crippen molar-refractivity contribution >= 4 is 38.9 Å². The highest BCUT2D eigenvalue weighted by atomic mass is 35.5. The second kappa shape index (κ2) is 8.87. The molecule has 0 radical (unpaired) electrons. The van der Waals surface area contributed by atoms with E-state index in [1.165, 1.54) is 39.5 Å². The lowest BCUT2D eigenvalue weighted by molar-refractivity contribution is 0.543. The van der Waals surface area contributed by atoms with Gasteiger partial charge in [-0.05, 0) is 42.8 Å². The summed E-state index contributed by atoms with van der Waals surface area (Å²) in [7, 11) is -3.79. The Morgan fingerprint density at radius 3 is 2.50 bits per heavy atom. The molecule has 3 aromatic heterocycles. The molecule has 0 aliphatic rings. The maximum Gasteiger partial charge on any atom is 0.350 e.